The maximum atomic E-state index is 12.8. The molecule has 0 aromatic heterocycles. The summed E-state index contributed by atoms with van der Waals surface area (Å²) in [6.45, 7) is 12.2. The summed E-state index contributed by atoms with van der Waals surface area (Å²) in [7, 11) is 2.04. The van der Waals surface area contributed by atoms with Crippen LogP contribution >= 0.6 is 0 Å². The van der Waals surface area contributed by atoms with Crippen molar-refractivity contribution in [2.45, 2.75) is 60.7 Å². The zero-order valence-corrected chi connectivity index (χ0v) is 23.2. The second-order valence-corrected chi connectivity index (χ2v) is 7.18. The van der Waals surface area contributed by atoms with Crippen molar-refractivity contribution in [1.82, 2.24) is 4.90 Å². The van der Waals surface area contributed by atoms with Gasteiger partial charge in [-0.1, -0.05) is 72.2 Å². The molecule has 0 bridgehead atoms. The average Bonchev–Trinajstić information content (AvgIpc) is 2.89. The number of rotatable bonds is 10. The minimum absolute atomic E-state index is 0.0327. The van der Waals surface area contributed by atoms with Gasteiger partial charge in [-0.05, 0) is 42.3 Å². The van der Waals surface area contributed by atoms with E-state index in [4.69, 9.17) is 14.0 Å². The molecule has 0 saturated carbocycles. The molecule has 0 saturated heterocycles. The number of halogens is 3. The minimum Gasteiger partial charge on any atom is -0.505 e. The van der Waals surface area contributed by atoms with Gasteiger partial charge in [0.05, 0.1) is 18.7 Å². The third-order valence-corrected chi connectivity index (χ3v) is 4.05. The van der Waals surface area contributed by atoms with Gasteiger partial charge in [0.1, 0.15) is 18.6 Å². The number of ether oxygens (including phenoxy) is 1. The Morgan fingerprint density at radius 1 is 1.03 bits per heavy atom. The van der Waals surface area contributed by atoms with Gasteiger partial charge in [-0.15, -0.1) is 0 Å². The van der Waals surface area contributed by atoms with Crippen molar-refractivity contribution in [2.75, 3.05) is 27.2 Å². The maximum Gasteiger partial charge on any atom is 0.564 e. The summed E-state index contributed by atoms with van der Waals surface area (Å²) >= 11 is 0. The highest BCUT2D eigenvalue weighted by Gasteiger charge is 2.30. The first-order chi connectivity index (χ1) is 17.6. The SMILES string of the molecule is CC.CC.CCC.COB(OC(=O)CN(C)CC=O)c1ccc(OCc2cccc(C(F)(F)F)c2)cc1. The molecular formula is C27H41BF3NO5. The van der Waals surface area contributed by atoms with Gasteiger partial charge in [0.2, 0.25) is 0 Å². The maximum absolute atomic E-state index is 12.8. The molecule has 10 heteroatoms. The first kappa shape index (κ1) is 36.3. The Morgan fingerprint density at radius 2 is 1.59 bits per heavy atom. The number of benzene rings is 2. The van der Waals surface area contributed by atoms with Crippen LogP contribution in [0.15, 0.2) is 48.5 Å². The largest absolute Gasteiger partial charge is 0.564 e. The summed E-state index contributed by atoms with van der Waals surface area (Å²) in [6, 6.07) is 11.4. The topological polar surface area (TPSA) is 65.1 Å². The number of carbonyl (C=O) groups excluding carboxylic acids is 2. The van der Waals surface area contributed by atoms with Crippen molar-refractivity contribution < 1.29 is 36.8 Å². The third-order valence-electron chi connectivity index (χ3n) is 4.05. The van der Waals surface area contributed by atoms with Crippen LogP contribution in [0, 0.1) is 0 Å². The zero-order chi connectivity index (χ0) is 28.9. The number of hydrogen-bond donors (Lipinski definition) is 0. The van der Waals surface area contributed by atoms with Crippen LogP contribution in [0.2, 0.25) is 0 Å². The highest BCUT2D eigenvalue weighted by molar-refractivity contribution is 6.62. The molecule has 0 unspecified atom stereocenters. The molecule has 2 rings (SSSR count). The van der Waals surface area contributed by atoms with Crippen molar-refractivity contribution in [3.8, 4) is 5.75 Å². The summed E-state index contributed by atoms with van der Waals surface area (Å²) in [4.78, 5) is 23.9. The number of nitrogens with zero attached hydrogens (tertiary/aromatic N) is 1. The molecule has 0 N–H and O–H groups in total. The lowest BCUT2D eigenvalue weighted by atomic mass is 9.79. The van der Waals surface area contributed by atoms with Crippen molar-refractivity contribution in [3.63, 3.8) is 0 Å². The van der Waals surface area contributed by atoms with Crippen LogP contribution in [0.3, 0.4) is 0 Å². The first-order valence-electron chi connectivity index (χ1n) is 12.4. The monoisotopic (exact) mass is 527 g/mol. The summed E-state index contributed by atoms with van der Waals surface area (Å²) < 4.78 is 54.3. The van der Waals surface area contributed by atoms with Crippen LogP contribution in [-0.4, -0.2) is 51.5 Å². The number of hydrogen-bond acceptors (Lipinski definition) is 6. The van der Waals surface area contributed by atoms with E-state index in [-0.39, 0.29) is 19.7 Å². The van der Waals surface area contributed by atoms with Crippen molar-refractivity contribution in [3.05, 3.63) is 59.7 Å². The predicted molar refractivity (Wildman–Crippen MR) is 143 cm³/mol. The van der Waals surface area contributed by atoms with Crippen LogP contribution in [0.25, 0.3) is 0 Å². The fourth-order valence-electron chi connectivity index (χ4n) is 2.55. The normalized spacial score (nSPS) is 9.95. The van der Waals surface area contributed by atoms with Crippen molar-refractivity contribution in [2.24, 2.45) is 0 Å². The van der Waals surface area contributed by atoms with E-state index in [0.717, 1.165) is 12.1 Å². The zero-order valence-electron chi connectivity index (χ0n) is 23.2. The summed E-state index contributed by atoms with van der Waals surface area (Å²) in [5.74, 6) is -0.126. The Bertz CT molecular complexity index is 864. The molecule has 208 valence electrons. The predicted octanol–water partition coefficient (Wildman–Crippen LogP) is 5.77. The van der Waals surface area contributed by atoms with Gasteiger partial charge in [0.25, 0.3) is 0 Å². The number of likely N-dealkylation sites (N-methyl/N-ethyl adjacent to an activating group) is 1. The molecule has 0 amide bonds. The van der Waals surface area contributed by atoms with Gasteiger partial charge in [-0.3, -0.25) is 9.69 Å². The highest BCUT2D eigenvalue weighted by atomic mass is 19.4. The molecule has 2 aromatic carbocycles. The number of carbonyl (C=O) groups is 2. The molecule has 0 fully saturated rings. The third kappa shape index (κ3) is 15.8. The summed E-state index contributed by atoms with van der Waals surface area (Å²) in [6.07, 6.45) is -2.48. The van der Waals surface area contributed by atoms with E-state index >= 15 is 0 Å². The molecule has 0 aliphatic heterocycles. The average molecular weight is 527 g/mol. The fraction of sp³-hybridized carbons (Fsp3) is 0.481. The smallest absolute Gasteiger partial charge is 0.505 e. The first-order valence-corrected chi connectivity index (χ1v) is 12.4. The second kappa shape index (κ2) is 21.3. The van der Waals surface area contributed by atoms with Crippen LogP contribution in [-0.2, 0) is 31.7 Å². The number of alkyl halides is 3. The van der Waals surface area contributed by atoms with E-state index in [2.05, 4.69) is 13.8 Å². The van der Waals surface area contributed by atoms with Crippen LogP contribution in [0.4, 0.5) is 13.2 Å². The Kier molecular flexibility index (Phi) is 20.9. The molecule has 0 aliphatic carbocycles. The Labute approximate surface area is 220 Å². The van der Waals surface area contributed by atoms with Crippen molar-refractivity contribution in [1.29, 1.82) is 0 Å². The molecule has 0 heterocycles. The molecule has 0 atom stereocenters. The minimum atomic E-state index is -4.41. The van der Waals surface area contributed by atoms with Crippen LogP contribution in [0.1, 0.15) is 59.1 Å². The van der Waals surface area contributed by atoms with Gasteiger partial charge in [0, 0.05) is 7.11 Å². The summed E-state index contributed by atoms with van der Waals surface area (Å²) in [5, 5.41) is 0. The van der Waals surface area contributed by atoms with Gasteiger partial charge < -0.3 is 18.8 Å². The Hall–Kier alpha value is -2.85. The quantitative estimate of drug-likeness (QED) is 0.289. The second-order valence-electron chi connectivity index (χ2n) is 7.18. The van der Waals surface area contributed by atoms with E-state index in [1.54, 1.807) is 37.4 Å². The molecule has 0 spiro atoms. The highest BCUT2D eigenvalue weighted by Crippen LogP contribution is 2.29. The van der Waals surface area contributed by atoms with Gasteiger partial charge in [-0.2, -0.15) is 13.2 Å². The Morgan fingerprint density at radius 3 is 2.08 bits per heavy atom. The lowest BCUT2D eigenvalue weighted by molar-refractivity contribution is -0.138. The molecule has 2 aromatic rings. The molecule has 0 aliphatic rings. The molecule has 37 heavy (non-hydrogen) atoms. The van der Waals surface area contributed by atoms with E-state index in [0.29, 0.717) is 23.1 Å². The van der Waals surface area contributed by atoms with Crippen LogP contribution < -0.4 is 10.2 Å². The van der Waals surface area contributed by atoms with E-state index in [1.807, 2.05) is 27.7 Å². The van der Waals surface area contributed by atoms with E-state index in [9.17, 15) is 22.8 Å². The standard InChI is InChI=1S/C20H21BF3NO5.C3H8.2C2H6/c1-25(10-11-26)13-19(27)30-21(28-2)17-6-8-18(9-7-17)29-14-15-4-3-5-16(12-15)20(22,23)24;1-3-2;2*1-2/h3-9,11-12H,10,13-14H2,1-2H3;3H2,1-2H3;2*1-2H3. The lowest BCUT2D eigenvalue weighted by Crippen LogP contribution is -2.40. The molecular weight excluding hydrogens is 486 g/mol. The van der Waals surface area contributed by atoms with E-state index < -0.39 is 24.8 Å². The van der Waals surface area contributed by atoms with Gasteiger partial charge in [0.15, 0.2) is 0 Å². The lowest BCUT2D eigenvalue weighted by Gasteiger charge is -2.16. The fourth-order valence-corrected chi connectivity index (χ4v) is 2.55. The molecule has 6 nitrogen and oxygen atoms in total. The molecule has 0 radical (unpaired) electrons. The van der Waals surface area contributed by atoms with Gasteiger partial charge >= 0.3 is 19.3 Å². The van der Waals surface area contributed by atoms with Crippen molar-refractivity contribution >= 4 is 24.8 Å². The number of aldehydes is 1. The summed E-state index contributed by atoms with van der Waals surface area (Å²) in [5.41, 5.74) is 0.204. The van der Waals surface area contributed by atoms with Crippen LogP contribution in [0.5, 0.6) is 5.75 Å². The Balaban J connectivity index is 0. The van der Waals surface area contributed by atoms with Gasteiger partial charge in [-0.25, -0.2) is 0 Å². The van der Waals surface area contributed by atoms with E-state index in [1.165, 1.54) is 24.5 Å².